The maximum Gasteiger partial charge on any atom is 0.191 e. The minimum absolute atomic E-state index is 0. The lowest BCUT2D eigenvalue weighted by Gasteiger charge is -2.20. The highest BCUT2D eigenvalue weighted by Gasteiger charge is 2.23. The number of nitrogens with zero attached hydrogens (tertiary/aromatic N) is 1. The second kappa shape index (κ2) is 14.8. The Balaban J connectivity index is 0.00000420. The third-order valence-electron chi connectivity index (χ3n) is 4.33. The zero-order valence-electron chi connectivity index (χ0n) is 17.4. The topological polar surface area (TPSA) is 65.9 Å². The van der Waals surface area contributed by atoms with Gasteiger partial charge in [-0.05, 0) is 50.1 Å². The normalized spacial score (nSPS) is 13.4. The van der Waals surface area contributed by atoms with Gasteiger partial charge >= 0.3 is 0 Å². The molecule has 1 aromatic heterocycles. The molecular weight excluding hydrogens is 497 g/mol. The molecule has 0 bridgehead atoms. The number of thiophene rings is 1. The van der Waals surface area contributed by atoms with Crippen molar-refractivity contribution in [3.05, 3.63) is 58.3 Å². The van der Waals surface area contributed by atoms with Crippen LogP contribution in [0.1, 0.15) is 37.1 Å². The molecule has 0 fully saturated rings. The fourth-order valence-corrected chi connectivity index (χ4v) is 3.49. The lowest BCUT2D eigenvalue weighted by atomic mass is 10.1. The van der Waals surface area contributed by atoms with E-state index < -0.39 is 5.60 Å². The van der Waals surface area contributed by atoms with Crippen molar-refractivity contribution in [1.29, 1.82) is 0 Å². The Morgan fingerprint density at radius 2 is 1.90 bits per heavy atom. The van der Waals surface area contributed by atoms with Gasteiger partial charge in [0.25, 0.3) is 0 Å². The Kier molecular flexibility index (Phi) is 13.2. The van der Waals surface area contributed by atoms with Gasteiger partial charge in [0.1, 0.15) is 5.60 Å². The largest absolute Gasteiger partial charge is 0.383 e. The van der Waals surface area contributed by atoms with Crippen molar-refractivity contribution in [3.63, 3.8) is 0 Å². The number of halogens is 1. The molecule has 1 heterocycles. The lowest BCUT2D eigenvalue weighted by molar-refractivity contribution is 0.0711. The average molecular weight is 532 g/mol. The van der Waals surface area contributed by atoms with Crippen LogP contribution in [0.5, 0.6) is 0 Å². The van der Waals surface area contributed by atoms with E-state index in [1.807, 2.05) is 30.5 Å². The van der Waals surface area contributed by atoms with E-state index in [0.717, 1.165) is 56.4 Å². The van der Waals surface area contributed by atoms with Crippen LogP contribution < -0.4 is 10.6 Å². The Labute approximate surface area is 196 Å². The smallest absolute Gasteiger partial charge is 0.191 e. The van der Waals surface area contributed by atoms with Gasteiger partial charge in [0.2, 0.25) is 0 Å². The van der Waals surface area contributed by atoms with E-state index in [2.05, 4.69) is 39.9 Å². The summed E-state index contributed by atoms with van der Waals surface area (Å²) in [4.78, 5) is 5.47. The van der Waals surface area contributed by atoms with Crippen molar-refractivity contribution in [2.45, 2.75) is 38.7 Å². The van der Waals surface area contributed by atoms with Gasteiger partial charge < -0.3 is 20.5 Å². The van der Waals surface area contributed by atoms with Gasteiger partial charge in [-0.1, -0.05) is 36.4 Å². The standard InChI is InChI=1S/C22H33N3O2S.HI/c1-3-23-21(25-18-22(2,26)20-12-9-17-28-20)24-14-7-8-15-27-16-13-19-10-5-4-6-11-19;/h4-6,9-12,17,26H,3,7-8,13-16,18H2,1-2H3,(H2,23,24,25);1H. The molecule has 3 N–H and O–H groups in total. The summed E-state index contributed by atoms with van der Waals surface area (Å²) in [5.74, 6) is 0.740. The molecule has 0 aliphatic carbocycles. The Morgan fingerprint density at radius 1 is 1.10 bits per heavy atom. The zero-order chi connectivity index (χ0) is 20.1. The van der Waals surface area contributed by atoms with Crippen LogP contribution in [0.4, 0.5) is 0 Å². The monoisotopic (exact) mass is 531 g/mol. The number of benzene rings is 1. The summed E-state index contributed by atoms with van der Waals surface area (Å²) in [6, 6.07) is 14.3. The number of nitrogens with one attached hydrogen (secondary N) is 2. The summed E-state index contributed by atoms with van der Waals surface area (Å²) in [5, 5.41) is 19.1. The van der Waals surface area contributed by atoms with E-state index in [1.165, 1.54) is 5.56 Å². The summed E-state index contributed by atoms with van der Waals surface area (Å²) in [6.07, 6.45) is 2.98. The molecule has 2 rings (SSSR count). The van der Waals surface area contributed by atoms with Crippen molar-refractivity contribution < 1.29 is 9.84 Å². The molecule has 0 radical (unpaired) electrons. The number of aliphatic imine (C=N–C) groups is 1. The average Bonchev–Trinajstić information content (AvgIpc) is 3.25. The predicted molar refractivity (Wildman–Crippen MR) is 133 cm³/mol. The van der Waals surface area contributed by atoms with Crippen LogP contribution in [0.2, 0.25) is 0 Å². The lowest BCUT2D eigenvalue weighted by Crippen LogP contribution is -2.39. The van der Waals surface area contributed by atoms with Crippen molar-refractivity contribution in [2.75, 3.05) is 32.8 Å². The fraction of sp³-hybridized carbons (Fsp3) is 0.500. The number of ether oxygens (including phenoxy) is 1. The number of guanidine groups is 1. The van der Waals surface area contributed by atoms with E-state index in [4.69, 9.17) is 4.74 Å². The second-order valence-electron chi connectivity index (χ2n) is 6.93. The van der Waals surface area contributed by atoms with Gasteiger partial charge in [0.05, 0.1) is 13.2 Å². The van der Waals surface area contributed by atoms with E-state index in [9.17, 15) is 5.11 Å². The van der Waals surface area contributed by atoms with Crippen molar-refractivity contribution in [1.82, 2.24) is 10.6 Å². The Morgan fingerprint density at radius 3 is 2.59 bits per heavy atom. The second-order valence-corrected chi connectivity index (χ2v) is 7.88. The van der Waals surface area contributed by atoms with E-state index in [1.54, 1.807) is 18.3 Å². The third kappa shape index (κ3) is 10.4. The minimum atomic E-state index is -0.941. The molecule has 1 unspecified atom stereocenters. The van der Waals surface area contributed by atoms with Crippen LogP contribution in [0.15, 0.2) is 52.8 Å². The number of hydrogen-bond acceptors (Lipinski definition) is 4. The molecule has 1 atom stereocenters. The van der Waals surface area contributed by atoms with E-state index >= 15 is 0 Å². The first-order valence-corrected chi connectivity index (χ1v) is 10.9. The molecule has 0 aliphatic rings. The molecule has 0 saturated heterocycles. The SMILES string of the molecule is CCNC(=NCC(C)(O)c1cccs1)NCCCCOCCc1ccccc1.I. The van der Waals surface area contributed by atoms with Crippen LogP contribution in [-0.4, -0.2) is 43.9 Å². The third-order valence-corrected chi connectivity index (χ3v) is 5.45. The molecule has 0 saturated carbocycles. The number of aliphatic hydroxyl groups is 1. The van der Waals surface area contributed by atoms with Gasteiger partial charge in [-0.3, -0.25) is 0 Å². The molecule has 7 heteroatoms. The molecule has 1 aromatic carbocycles. The molecule has 2 aromatic rings. The van der Waals surface area contributed by atoms with Crippen LogP contribution in [0, 0.1) is 0 Å². The zero-order valence-corrected chi connectivity index (χ0v) is 20.5. The van der Waals surface area contributed by atoms with Crippen molar-refractivity contribution in [3.8, 4) is 0 Å². The summed E-state index contributed by atoms with van der Waals surface area (Å²) >= 11 is 1.55. The van der Waals surface area contributed by atoms with E-state index in [0.29, 0.717) is 6.54 Å². The molecule has 162 valence electrons. The Bertz CT molecular complexity index is 679. The first kappa shape index (κ1) is 25.9. The summed E-state index contributed by atoms with van der Waals surface area (Å²) in [7, 11) is 0. The van der Waals surface area contributed by atoms with Gasteiger partial charge in [-0.15, -0.1) is 35.3 Å². The van der Waals surface area contributed by atoms with Gasteiger partial charge in [0.15, 0.2) is 5.96 Å². The van der Waals surface area contributed by atoms with Crippen LogP contribution in [0.25, 0.3) is 0 Å². The van der Waals surface area contributed by atoms with E-state index in [-0.39, 0.29) is 24.0 Å². The van der Waals surface area contributed by atoms with Gasteiger partial charge in [-0.25, -0.2) is 4.99 Å². The number of hydrogen-bond donors (Lipinski definition) is 3. The quantitative estimate of drug-likeness (QED) is 0.167. The number of unbranched alkanes of at least 4 members (excludes halogenated alkanes) is 1. The Hall–Kier alpha value is -1.16. The summed E-state index contributed by atoms with van der Waals surface area (Å²) in [6.45, 7) is 7.32. The maximum absolute atomic E-state index is 10.6. The molecule has 0 aliphatic heterocycles. The van der Waals surface area contributed by atoms with Crippen molar-refractivity contribution >= 4 is 41.3 Å². The highest BCUT2D eigenvalue weighted by atomic mass is 127. The minimum Gasteiger partial charge on any atom is -0.383 e. The highest BCUT2D eigenvalue weighted by molar-refractivity contribution is 14.0. The molecule has 29 heavy (non-hydrogen) atoms. The first-order chi connectivity index (χ1) is 13.6. The fourth-order valence-electron chi connectivity index (χ4n) is 2.71. The van der Waals surface area contributed by atoms with Gasteiger partial charge in [0, 0.05) is 24.6 Å². The highest BCUT2D eigenvalue weighted by Crippen LogP contribution is 2.25. The first-order valence-electron chi connectivity index (χ1n) is 10.0. The molecule has 0 spiro atoms. The molecule has 0 amide bonds. The summed E-state index contributed by atoms with van der Waals surface area (Å²) in [5.41, 5.74) is 0.373. The predicted octanol–water partition coefficient (Wildman–Crippen LogP) is 4.17. The number of rotatable bonds is 12. The van der Waals surface area contributed by atoms with Crippen molar-refractivity contribution in [2.24, 2.45) is 4.99 Å². The van der Waals surface area contributed by atoms with Gasteiger partial charge in [-0.2, -0.15) is 0 Å². The van der Waals surface area contributed by atoms with Crippen LogP contribution in [-0.2, 0) is 16.8 Å². The van der Waals surface area contributed by atoms with Crippen LogP contribution in [0.3, 0.4) is 0 Å². The molecular formula is C22H34IN3O2S. The maximum atomic E-state index is 10.6. The van der Waals surface area contributed by atoms with Crippen LogP contribution >= 0.6 is 35.3 Å². The molecule has 5 nitrogen and oxygen atoms in total. The summed E-state index contributed by atoms with van der Waals surface area (Å²) < 4.78 is 5.72.